The largest absolute Gasteiger partial charge is 0.493 e. The van der Waals surface area contributed by atoms with Crippen molar-refractivity contribution < 1.29 is 9.53 Å². The Morgan fingerprint density at radius 3 is 2.40 bits per heavy atom. The highest BCUT2D eigenvalue weighted by Gasteiger charge is 2.20. The maximum atomic E-state index is 11.6. The SMILES string of the molecule is CC(C)COc1ccc(CCNC(=O)C(C)(C)N)cc1. The van der Waals surface area contributed by atoms with Crippen molar-refractivity contribution in [2.75, 3.05) is 13.2 Å². The van der Waals surface area contributed by atoms with Gasteiger partial charge in [-0.3, -0.25) is 4.79 Å². The normalized spacial score (nSPS) is 11.5. The molecule has 0 saturated carbocycles. The molecule has 1 amide bonds. The summed E-state index contributed by atoms with van der Waals surface area (Å²) in [6, 6.07) is 7.98. The zero-order valence-corrected chi connectivity index (χ0v) is 12.9. The molecule has 1 aromatic carbocycles. The van der Waals surface area contributed by atoms with Gasteiger partial charge in [0, 0.05) is 6.54 Å². The second-order valence-corrected chi connectivity index (χ2v) is 6.08. The highest BCUT2D eigenvalue weighted by atomic mass is 16.5. The number of rotatable bonds is 7. The van der Waals surface area contributed by atoms with Crippen molar-refractivity contribution in [3.63, 3.8) is 0 Å². The van der Waals surface area contributed by atoms with Crippen LogP contribution in [0.1, 0.15) is 33.3 Å². The summed E-state index contributed by atoms with van der Waals surface area (Å²) in [6.45, 7) is 8.95. The number of amides is 1. The van der Waals surface area contributed by atoms with Gasteiger partial charge < -0.3 is 15.8 Å². The molecule has 0 unspecified atom stereocenters. The van der Waals surface area contributed by atoms with Crippen LogP contribution in [0.15, 0.2) is 24.3 Å². The standard InChI is InChI=1S/C16H26N2O2/c1-12(2)11-20-14-7-5-13(6-8-14)9-10-18-15(19)16(3,4)17/h5-8,12H,9-11,17H2,1-4H3,(H,18,19). The minimum absolute atomic E-state index is 0.130. The van der Waals surface area contributed by atoms with Gasteiger partial charge in [0.2, 0.25) is 5.91 Å². The fourth-order valence-corrected chi connectivity index (χ4v) is 1.56. The molecular formula is C16H26N2O2. The third-order valence-corrected chi connectivity index (χ3v) is 2.79. The van der Waals surface area contributed by atoms with E-state index in [0.29, 0.717) is 12.5 Å². The van der Waals surface area contributed by atoms with Crippen molar-refractivity contribution in [1.82, 2.24) is 5.32 Å². The van der Waals surface area contributed by atoms with Gasteiger partial charge in [-0.15, -0.1) is 0 Å². The van der Waals surface area contributed by atoms with E-state index in [-0.39, 0.29) is 5.91 Å². The summed E-state index contributed by atoms with van der Waals surface area (Å²) >= 11 is 0. The van der Waals surface area contributed by atoms with Crippen molar-refractivity contribution in [3.8, 4) is 5.75 Å². The predicted molar refractivity (Wildman–Crippen MR) is 81.8 cm³/mol. The molecule has 0 aliphatic carbocycles. The number of nitrogens with two attached hydrogens (primary N) is 1. The van der Waals surface area contributed by atoms with Gasteiger partial charge in [-0.05, 0) is 43.9 Å². The van der Waals surface area contributed by atoms with Gasteiger partial charge in [-0.2, -0.15) is 0 Å². The number of benzene rings is 1. The number of hydrogen-bond acceptors (Lipinski definition) is 3. The van der Waals surface area contributed by atoms with E-state index in [1.807, 2.05) is 24.3 Å². The third-order valence-electron chi connectivity index (χ3n) is 2.79. The second-order valence-electron chi connectivity index (χ2n) is 6.08. The topological polar surface area (TPSA) is 64.3 Å². The Morgan fingerprint density at radius 2 is 1.90 bits per heavy atom. The molecule has 20 heavy (non-hydrogen) atoms. The van der Waals surface area contributed by atoms with E-state index in [4.69, 9.17) is 10.5 Å². The number of carbonyl (C=O) groups excluding carboxylic acids is 1. The molecule has 1 rings (SSSR count). The molecule has 0 heterocycles. The van der Waals surface area contributed by atoms with Crippen molar-refractivity contribution in [3.05, 3.63) is 29.8 Å². The first-order chi connectivity index (χ1) is 9.29. The minimum atomic E-state index is -0.825. The minimum Gasteiger partial charge on any atom is -0.493 e. The van der Waals surface area contributed by atoms with Crippen LogP contribution in [-0.2, 0) is 11.2 Å². The zero-order chi connectivity index (χ0) is 15.2. The Kier molecular flexibility index (Phi) is 6.02. The Balaban J connectivity index is 2.37. The van der Waals surface area contributed by atoms with Crippen LogP contribution in [0.5, 0.6) is 5.75 Å². The number of hydrogen-bond donors (Lipinski definition) is 2. The average Bonchev–Trinajstić information content (AvgIpc) is 2.36. The molecule has 112 valence electrons. The van der Waals surface area contributed by atoms with E-state index in [1.54, 1.807) is 13.8 Å². The van der Waals surface area contributed by atoms with E-state index in [1.165, 1.54) is 0 Å². The predicted octanol–water partition coefficient (Wildman–Crippen LogP) is 2.12. The summed E-state index contributed by atoms with van der Waals surface area (Å²) in [5.74, 6) is 1.27. The molecule has 0 atom stereocenters. The molecule has 0 aromatic heterocycles. The molecule has 0 aliphatic heterocycles. The van der Waals surface area contributed by atoms with E-state index in [9.17, 15) is 4.79 Å². The lowest BCUT2D eigenvalue weighted by Gasteiger charge is -2.17. The van der Waals surface area contributed by atoms with Gasteiger partial charge in [0.25, 0.3) is 0 Å². The number of nitrogens with one attached hydrogen (secondary N) is 1. The maximum absolute atomic E-state index is 11.6. The van der Waals surface area contributed by atoms with Gasteiger partial charge in [0.15, 0.2) is 0 Å². The van der Waals surface area contributed by atoms with Crippen LogP contribution in [0.3, 0.4) is 0 Å². The summed E-state index contributed by atoms with van der Waals surface area (Å²) in [5, 5.41) is 2.83. The first-order valence-corrected chi connectivity index (χ1v) is 7.08. The maximum Gasteiger partial charge on any atom is 0.239 e. The van der Waals surface area contributed by atoms with Crippen LogP contribution >= 0.6 is 0 Å². The lowest BCUT2D eigenvalue weighted by molar-refractivity contribution is -0.125. The Morgan fingerprint density at radius 1 is 1.30 bits per heavy atom. The van der Waals surface area contributed by atoms with E-state index < -0.39 is 5.54 Å². The first-order valence-electron chi connectivity index (χ1n) is 7.08. The molecule has 0 bridgehead atoms. The molecule has 0 aliphatic rings. The molecular weight excluding hydrogens is 252 g/mol. The van der Waals surface area contributed by atoms with Crippen molar-refractivity contribution in [2.45, 2.75) is 39.7 Å². The molecule has 3 N–H and O–H groups in total. The van der Waals surface area contributed by atoms with Gasteiger partial charge in [-0.25, -0.2) is 0 Å². The molecule has 0 radical (unpaired) electrons. The van der Waals surface area contributed by atoms with Crippen LogP contribution in [-0.4, -0.2) is 24.6 Å². The van der Waals surface area contributed by atoms with Crippen LogP contribution in [0.4, 0.5) is 0 Å². The molecule has 4 nitrogen and oxygen atoms in total. The third kappa shape index (κ3) is 6.06. The van der Waals surface area contributed by atoms with Crippen molar-refractivity contribution >= 4 is 5.91 Å². The molecule has 0 spiro atoms. The monoisotopic (exact) mass is 278 g/mol. The van der Waals surface area contributed by atoms with E-state index >= 15 is 0 Å². The van der Waals surface area contributed by atoms with Gasteiger partial charge in [0.05, 0.1) is 12.1 Å². The van der Waals surface area contributed by atoms with Crippen LogP contribution < -0.4 is 15.8 Å². The lowest BCUT2D eigenvalue weighted by atomic mass is 10.1. The second kappa shape index (κ2) is 7.29. The van der Waals surface area contributed by atoms with Crippen LogP contribution in [0.2, 0.25) is 0 Å². The Bertz CT molecular complexity index is 419. The fourth-order valence-electron chi connectivity index (χ4n) is 1.56. The highest BCUT2D eigenvalue weighted by Crippen LogP contribution is 2.13. The first kappa shape index (κ1) is 16.5. The molecule has 0 fully saturated rings. The van der Waals surface area contributed by atoms with Crippen molar-refractivity contribution in [2.24, 2.45) is 11.7 Å². The smallest absolute Gasteiger partial charge is 0.239 e. The van der Waals surface area contributed by atoms with Crippen LogP contribution in [0, 0.1) is 5.92 Å². The summed E-state index contributed by atoms with van der Waals surface area (Å²) in [6.07, 6.45) is 0.784. The highest BCUT2D eigenvalue weighted by molar-refractivity contribution is 5.84. The van der Waals surface area contributed by atoms with Crippen LogP contribution in [0.25, 0.3) is 0 Å². The average molecular weight is 278 g/mol. The Hall–Kier alpha value is -1.55. The zero-order valence-electron chi connectivity index (χ0n) is 12.9. The summed E-state index contributed by atoms with van der Waals surface area (Å²) in [5.41, 5.74) is 6.05. The van der Waals surface area contributed by atoms with E-state index in [0.717, 1.165) is 24.3 Å². The van der Waals surface area contributed by atoms with Crippen molar-refractivity contribution in [1.29, 1.82) is 0 Å². The molecule has 0 saturated heterocycles. The number of carbonyl (C=O) groups is 1. The van der Waals surface area contributed by atoms with Gasteiger partial charge >= 0.3 is 0 Å². The summed E-state index contributed by atoms with van der Waals surface area (Å²) in [7, 11) is 0. The summed E-state index contributed by atoms with van der Waals surface area (Å²) < 4.78 is 5.62. The lowest BCUT2D eigenvalue weighted by Crippen LogP contribution is -2.49. The number of ether oxygens (including phenoxy) is 1. The Labute approximate surface area is 121 Å². The summed E-state index contributed by atoms with van der Waals surface area (Å²) in [4.78, 5) is 11.6. The molecule has 4 heteroatoms. The van der Waals surface area contributed by atoms with E-state index in [2.05, 4.69) is 19.2 Å². The fraction of sp³-hybridized carbons (Fsp3) is 0.562. The molecule has 1 aromatic rings. The van der Waals surface area contributed by atoms with Gasteiger partial charge in [0.1, 0.15) is 5.75 Å². The van der Waals surface area contributed by atoms with Gasteiger partial charge in [-0.1, -0.05) is 26.0 Å². The quantitative estimate of drug-likeness (QED) is 0.803.